The fraction of sp³-hybridized carbons (Fsp3) is 0. The van der Waals surface area contributed by atoms with Gasteiger partial charge in [0.1, 0.15) is 11.2 Å². The molecule has 13 aromatic rings. The highest BCUT2D eigenvalue weighted by Crippen LogP contribution is 2.41. The first-order valence-corrected chi connectivity index (χ1v) is 23.0. The van der Waals surface area contributed by atoms with E-state index in [0.29, 0.717) is 17.5 Å². The Bertz CT molecular complexity index is 3980. The fourth-order valence-electron chi connectivity index (χ4n) is 9.54. The van der Waals surface area contributed by atoms with Crippen molar-refractivity contribution in [3.63, 3.8) is 0 Å². The number of fused-ring (bicyclic) bond motifs is 7. The highest BCUT2D eigenvalue weighted by Gasteiger charge is 2.17. The van der Waals surface area contributed by atoms with E-state index < -0.39 is 0 Å². The lowest BCUT2D eigenvalue weighted by molar-refractivity contribution is 0.669. The summed E-state index contributed by atoms with van der Waals surface area (Å²) >= 11 is 1.85. The highest BCUT2D eigenvalue weighted by molar-refractivity contribution is 7.25. The van der Waals surface area contributed by atoms with Crippen LogP contribution in [-0.4, -0.2) is 15.0 Å². The van der Waals surface area contributed by atoms with Crippen LogP contribution in [-0.2, 0) is 0 Å². The maximum Gasteiger partial charge on any atom is 0.164 e. The minimum absolute atomic E-state index is 0.609. The molecule has 0 saturated carbocycles. The van der Waals surface area contributed by atoms with Gasteiger partial charge in [-0.15, -0.1) is 11.3 Å². The monoisotopic (exact) mass is 859 g/mol. The topological polar surface area (TPSA) is 51.8 Å². The molecule has 3 heterocycles. The quantitative estimate of drug-likeness (QED) is 0.160. The van der Waals surface area contributed by atoms with E-state index in [1.807, 2.05) is 29.5 Å². The molecule has 66 heavy (non-hydrogen) atoms. The van der Waals surface area contributed by atoms with Gasteiger partial charge < -0.3 is 4.42 Å². The second-order valence-corrected chi connectivity index (χ2v) is 17.8. The van der Waals surface area contributed by atoms with Crippen molar-refractivity contribution < 1.29 is 4.42 Å². The van der Waals surface area contributed by atoms with E-state index >= 15 is 0 Å². The van der Waals surface area contributed by atoms with Crippen molar-refractivity contribution >= 4 is 64.2 Å². The predicted molar refractivity (Wildman–Crippen MR) is 276 cm³/mol. The zero-order chi connectivity index (χ0) is 43.6. The maximum atomic E-state index is 6.23. The van der Waals surface area contributed by atoms with Crippen LogP contribution in [0.4, 0.5) is 0 Å². The summed E-state index contributed by atoms with van der Waals surface area (Å²) in [6.07, 6.45) is 0. The minimum atomic E-state index is 0.609. The Morgan fingerprint density at radius 3 is 1.55 bits per heavy atom. The predicted octanol–water partition coefficient (Wildman–Crippen LogP) is 17.0. The molecule has 3 aromatic heterocycles. The average molecular weight is 860 g/mol. The van der Waals surface area contributed by atoms with Crippen molar-refractivity contribution in [1.82, 2.24) is 15.0 Å². The zero-order valence-electron chi connectivity index (χ0n) is 35.5. The lowest BCUT2D eigenvalue weighted by Gasteiger charge is -2.13. The summed E-state index contributed by atoms with van der Waals surface area (Å²) in [7, 11) is 0. The molecule has 0 atom stereocenters. The molecule has 5 heteroatoms. The first-order valence-electron chi connectivity index (χ1n) is 22.2. The molecule has 0 aliphatic rings. The smallest absolute Gasteiger partial charge is 0.164 e. The van der Waals surface area contributed by atoms with Gasteiger partial charge in [0.05, 0.1) is 0 Å². The Labute approximate surface area is 384 Å². The molecular weight excluding hydrogens is 823 g/mol. The molecule has 0 amide bonds. The summed E-state index contributed by atoms with van der Waals surface area (Å²) in [5.74, 6) is 1.84. The third-order valence-electron chi connectivity index (χ3n) is 12.8. The number of benzene rings is 10. The SMILES string of the molecule is c1ccc(-c2cccc3c(-c4nc(-c5ccc(-c6cccc(-c7cccc8sc9ccccc9c78)c6)cc5)nc(-c5ccc(-c6ccc7c(c6)oc6ccccc67)cc5)n4)cccc23)cc1. The molecule has 0 spiro atoms. The molecule has 0 radical (unpaired) electrons. The average Bonchev–Trinajstić information content (AvgIpc) is 3.97. The van der Waals surface area contributed by atoms with Crippen LogP contribution in [0.2, 0.25) is 0 Å². The van der Waals surface area contributed by atoms with E-state index in [9.17, 15) is 0 Å². The van der Waals surface area contributed by atoms with Crippen molar-refractivity contribution in [1.29, 1.82) is 0 Å². The van der Waals surface area contributed by atoms with Crippen LogP contribution in [0.3, 0.4) is 0 Å². The molecule has 0 unspecified atom stereocenters. The number of hydrogen-bond donors (Lipinski definition) is 0. The number of thiophene rings is 1. The van der Waals surface area contributed by atoms with Crippen LogP contribution in [0.5, 0.6) is 0 Å². The van der Waals surface area contributed by atoms with Crippen molar-refractivity contribution in [3.8, 4) is 78.7 Å². The van der Waals surface area contributed by atoms with Gasteiger partial charge in [0, 0.05) is 47.6 Å². The molecule has 4 nitrogen and oxygen atoms in total. The van der Waals surface area contributed by atoms with E-state index in [1.165, 1.54) is 42.4 Å². The fourth-order valence-corrected chi connectivity index (χ4v) is 10.7. The molecule has 0 N–H and O–H groups in total. The largest absolute Gasteiger partial charge is 0.456 e. The molecule has 0 fully saturated rings. The van der Waals surface area contributed by atoms with Gasteiger partial charge in [-0.1, -0.05) is 188 Å². The Balaban J connectivity index is 0.897. The van der Waals surface area contributed by atoms with Crippen LogP contribution in [0, 0.1) is 0 Å². The van der Waals surface area contributed by atoms with Crippen molar-refractivity contribution in [2.45, 2.75) is 0 Å². The summed E-state index contributed by atoms with van der Waals surface area (Å²) < 4.78 is 8.84. The number of para-hydroxylation sites is 1. The van der Waals surface area contributed by atoms with Crippen LogP contribution in [0.15, 0.2) is 229 Å². The van der Waals surface area contributed by atoms with Gasteiger partial charge in [0.15, 0.2) is 17.5 Å². The second-order valence-electron chi connectivity index (χ2n) is 16.7. The molecule has 13 rings (SSSR count). The van der Waals surface area contributed by atoms with Gasteiger partial charge in [-0.05, 0) is 91.7 Å². The number of nitrogens with zero attached hydrogens (tertiary/aromatic N) is 3. The van der Waals surface area contributed by atoms with Gasteiger partial charge in [-0.3, -0.25) is 0 Å². The Morgan fingerprint density at radius 2 is 0.773 bits per heavy atom. The van der Waals surface area contributed by atoms with Crippen LogP contribution >= 0.6 is 11.3 Å². The summed E-state index contributed by atoms with van der Waals surface area (Å²) in [6, 6.07) is 79.3. The van der Waals surface area contributed by atoms with Crippen LogP contribution in [0.1, 0.15) is 0 Å². The molecule has 0 aliphatic heterocycles. The van der Waals surface area contributed by atoms with Crippen LogP contribution in [0.25, 0.3) is 132 Å². The standard InChI is InChI=1S/C61H37N3OS/c1-2-12-40(13-3-1)46-18-9-21-49-48(46)20-10-22-52(49)61-63-59(62-60(64-61)42-32-28-39(29-33-42)44-34-35-51-50-16-4-6-23-54(50)65-55(51)37-44)41-30-26-38(27-31-41)43-14-8-15-45(36-43)47-19-11-25-57-58(47)53-17-5-7-24-56(53)66-57/h1-37H. The molecule has 0 saturated heterocycles. The third-order valence-corrected chi connectivity index (χ3v) is 13.9. The molecule has 10 aromatic carbocycles. The summed E-state index contributed by atoms with van der Waals surface area (Å²) in [4.78, 5) is 15.6. The van der Waals surface area contributed by atoms with Gasteiger partial charge >= 0.3 is 0 Å². The Hall–Kier alpha value is -8.51. The van der Waals surface area contributed by atoms with E-state index in [2.05, 4.69) is 206 Å². The summed E-state index contributed by atoms with van der Waals surface area (Å²) in [5.41, 5.74) is 13.7. The first-order chi connectivity index (χ1) is 32.7. The van der Waals surface area contributed by atoms with E-state index in [1.54, 1.807) is 0 Å². The normalized spacial score (nSPS) is 11.6. The zero-order valence-corrected chi connectivity index (χ0v) is 36.3. The molecule has 308 valence electrons. The number of aromatic nitrogens is 3. The molecular formula is C61H37N3OS. The van der Waals surface area contributed by atoms with Crippen molar-refractivity contribution in [2.75, 3.05) is 0 Å². The van der Waals surface area contributed by atoms with Gasteiger partial charge in [0.25, 0.3) is 0 Å². The number of rotatable bonds is 7. The van der Waals surface area contributed by atoms with Gasteiger partial charge in [-0.25, -0.2) is 15.0 Å². The second kappa shape index (κ2) is 15.6. The maximum absolute atomic E-state index is 6.23. The summed E-state index contributed by atoms with van der Waals surface area (Å²) in [6.45, 7) is 0. The molecule has 0 aliphatic carbocycles. The Kier molecular flexibility index (Phi) is 9.00. The molecule has 0 bridgehead atoms. The van der Waals surface area contributed by atoms with Gasteiger partial charge in [0.2, 0.25) is 0 Å². The van der Waals surface area contributed by atoms with Crippen molar-refractivity contribution in [2.24, 2.45) is 0 Å². The van der Waals surface area contributed by atoms with E-state index in [4.69, 9.17) is 19.4 Å². The van der Waals surface area contributed by atoms with E-state index in [-0.39, 0.29) is 0 Å². The lowest BCUT2D eigenvalue weighted by atomic mass is 9.95. The lowest BCUT2D eigenvalue weighted by Crippen LogP contribution is -2.00. The Morgan fingerprint density at radius 1 is 0.273 bits per heavy atom. The highest BCUT2D eigenvalue weighted by atomic mass is 32.1. The summed E-state index contributed by atoms with van der Waals surface area (Å²) in [5, 5.41) is 7.08. The third kappa shape index (κ3) is 6.56. The van der Waals surface area contributed by atoms with Crippen LogP contribution < -0.4 is 0 Å². The number of hydrogen-bond acceptors (Lipinski definition) is 5. The first kappa shape index (κ1) is 38.0. The van der Waals surface area contributed by atoms with Crippen molar-refractivity contribution in [3.05, 3.63) is 224 Å². The minimum Gasteiger partial charge on any atom is -0.456 e. The van der Waals surface area contributed by atoms with E-state index in [0.717, 1.165) is 71.7 Å². The van der Waals surface area contributed by atoms with Gasteiger partial charge in [-0.2, -0.15) is 0 Å². The number of furan rings is 1.